The molecule has 3 heterocycles. The molecule has 2 aliphatic rings. The van der Waals surface area contributed by atoms with Crippen LogP contribution in [0, 0.1) is 11.8 Å². The zero-order valence-electron chi connectivity index (χ0n) is 13.0. The Morgan fingerprint density at radius 1 is 1.52 bits per heavy atom. The molecule has 122 valence electrons. The number of carbonyl (C=O) groups is 1. The van der Waals surface area contributed by atoms with E-state index in [0.717, 1.165) is 28.4 Å². The zero-order valence-corrected chi connectivity index (χ0v) is 13.8. The number of nitrogens with one attached hydrogen (secondary N) is 1. The summed E-state index contributed by atoms with van der Waals surface area (Å²) in [7, 11) is 0. The van der Waals surface area contributed by atoms with Crippen LogP contribution in [0.2, 0.25) is 0 Å². The predicted molar refractivity (Wildman–Crippen MR) is 89.7 cm³/mol. The third-order valence-electron chi connectivity index (χ3n) is 4.51. The van der Waals surface area contributed by atoms with Crippen LogP contribution >= 0.6 is 11.3 Å². The minimum absolute atomic E-state index is 0.279. The van der Waals surface area contributed by atoms with Crippen LogP contribution in [-0.4, -0.2) is 35.1 Å². The summed E-state index contributed by atoms with van der Waals surface area (Å²) in [6.45, 7) is 4.29. The first-order valence-corrected chi connectivity index (χ1v) is 8.89. The maximum absolute atomic E-state index is 13.0. The van der Waals surface area contributed by atoms with Gasteiger partial charge in [0.2, 0.25) is 5.91 Å². The van der Waals surface area contributed by atoms with Gasteiger partial charge in [-0.1, -0.05) is 18.3 Å². The fourth-order valence-electron chi connectivity index (χ4n) is 3.08. The van der Waals surface area contributed by atoms with Crippen LogP contribution in [0.15, 0.2) is 12.3 Å². The summed E-state index contributed by atoms with van der Waals surface area (Å²) in [6, 6.07) is 1.85. The van der Waals surface area contributed by atoms with Crippen LogP contribution in [0.25, 0.3) is 10.2 Å². The van der Waals surface area contributed by atoms with Gasteiger partial charge in [-0.15, -0.1) is 0 Å². The summed E-state index contributed by atoms with van der Waals surface area (Å²) in [5.74, 6) is 0.381. The number of pyridine rings is 1. The molecule has 2 aromatic rings. The van der Waals surface area contributed by atoms with E-state index < -0.39 is 12.1 Å². The molecule has 1 N–H and O–H groups in total. The lowest BCUT2D eigenvalue weighted by molar-refractivity contribution is -0.117. The highest BCUT2D eigenvalue weighted by atomic mass is 32.1. The maximum atomic E-state index is 13.0. The molecule has 1 aliphatic heterocycles. The van der Waals surface area contributed by atoms with Gasteiger partial charge in [0.1, 0.15) is 6.17 Å². The first-order chi connectivity index (χ1) is 11.1. The van der Waals surface area contributed by atoms with Gasteiger partial charge in [-0.3, -0.25) is 4.79 Å². The molecule has 3 atom stereocenters. The quantitative estimate of drug-likeness (QED) is 0.936. The zero-order chi connectivity index (χ0) is 16.0. The van der Waals surface area contributed by atoms with Crippen LogP contribution in [0.5, 0.6) is 0 Å². The number of rotatable bonds is 3. The highest BCUT2D eigenvalue weighted by Crippen LogP contribution is 2.37. The molecule has 1 saturated heterocycles. The Balaban J connectivity index is 1.60. The van der Waals surface area contributed by atoms with Crippen molar-refractivity contribution in [3.63, 3.8) is 0 Å². The number of hydrogen-bond acceptors (Lipinski definition) is 5. The van der Waals surface area contributed by atoms with Gasteiger partial charge in [-0.25, -0.2) is 14.4 Å². The highest BCUT2D eigenvalue weighted by Gasteiger charge is 2.43. The molecule has 5 nitrogen and oxygen atoms in total. The molecule has 0 radical (unpaired) electrons. The number of alkyl halides is 1. The van der Waals surface area contributed by atoms with E-state index >= 15 is 0 Å². The molecule has 23 heavy (non-hydrogen) atoms. The molecule has 2 aromatic heterocycles. The number of halogens is 1. The number of nitrogens with zero attached hydrogens (tertiary/aromatic N) is 3. The van der Waals surface area contributed by atoms with Gasteiger partial charge in [0, 0.05) is 19.3 Å². The minimum atomic E-state index is -0.999. The molecule has 7 heteroatoms. The molecule has 3 unspecified atom stereocenters. The van der Waals surface area contributed by atoms with Crippen LogP contribution in [0.4, 0.5) is 15.3 Å². The van der Waals surface area contributed by atoms with Crippen LogP contribution < -0.4 is 10.2 Å². The topological polar surface area (TPSA) is 58.1 Å². The van der Waals surface area contributed by atoms with Gasteiger partial charge in [0.25, 0.3) is 0 Å². The van der Waals surface area contributed by atoms with Crippen molar-refractivity contribution in [1.29, 1.82) is 0 Å². The van der Waals surface area contributed by atoms with Crippen molar-refractivity contribution >= 4 is 38.4 Å². The molecular formula is C16H19FN4OS. The molecule has 0 spiro atoms. The fourth-order valence-corrected chi connectivity index (χ4v) is 4.12. The monoisotopic (exact) mass is 334 g/mol. The van der Waals surface area contributed by atoms with Gasteiger partial charge >= 0.3 is 0 Å². The average molecular weight is 334 g/mol. The number of fused-ring (bicyclic) bond motifs is 1. The van der Waals surface area contributed by atoms with E-state index in [1.165, 1.54) is 12.8 Å². The van der Waals surface area contributed by atoms with Gasteiger partial charge in [-0.05, 0) is 31.2 Å². The Morgan fingerprint density at radius 2 is 2.35 bits per heavy atom. The van der Waals surface area contributed by atoms with E-state index in [4.69, 9.17) is 4.98 Å². The summed E-state index contributed by atoms with van der Waals surface area (Å²) in [5.41, 5.74) is 0.834. The third-order valence-corrected chi connectivity index (χ3v) is 5.65. The predicted octanol–water partition coefficient (Wildman–Crippen LogP) is 3.22. The van der Waals surface area contributed by atoms with Crippen LogP contribution in [0.1, 0.15) is 26.2 Å². The van der Waals surface area contributed by atoms with Crippen molar-refractivity contribution in [2.75, 3.05) is 23.3 Å². The smallest absolute Gasteiger partial charge is 0.231 e. The van der Waals surface area contributed by atoms with Crippen LogP contribution in [-0.2, 0) is 4.79 Å². The van der Waals surface area contributed by atoms with E-state index in [1.807, 2.05) is 6.07 Å². The van der Waals surface area contributed by atoms with Crippen molar-refractivity contribution in [1.82, 2.24) is 9.97 Å². The van der Waals surface area contributed by atoms with E-state index in [0.29, 0.717) is 18.2 Å². The van der Waals surface area contributed by atoms with E-state index in [1.54, 1.807) is 17.5 Å². The van der Waals surface area contributed by atoms with Crippen molar-refractivity contribution in [3.05, 3.63) is 12.3 Å². The minimum Gasteiger partial charge on any atom is -0.348 e. The normalized spacial score (nSPS) is 27.2. The lowest BCUT2D eigenvalue weighted by atomic mass is 10.0. The second-order valence-electron chi connectivity index (χ2n) is 6.55. The number of piperidine rings is 1. The number of hydrogen-bond donors (Lipinski definition) is 1. The molecule has 1 saturated carbocycles. The standard InChI is InChI=1S/C16H19FN4OS/c1-9-3-2-6-21(8-9)16-19-12-4-5-18-14(13(12)23-16)20-15(22)10-7-11(10)17/h4-5,9-11H,2-3,6-8H2,1H3,(H,18,20,22). The lowest BCUT2D eigenvalue weighted by Crippen LogP contribution is -2.34. The number of carbonyl (C=O) groups excluding carboxylic acids is 1. The molecule has 1 aliphatic carbocycles. The number of thiazole rings is 1. The van der Waals surface area contributed by atoms with Gasteiger partial charge in [-0.2, -0.15) is 0 Å². The summed E-state index contributed by atoms with van der Waals surface area (Å²) in [4.78, 5) is 23.2. The Kier molecular flexibility index (Phi) is 3.67. The first-order valence-electron chi connectivity index (χ1n) is 8.07. The third kappa shape index (κ3) is 2.89. The fraction of sp³-hybridized carbons (Fsp3) is 0.562. The summed E-state index contributed by atoms with van der Waals surface area (Å²) >= 11 is 1.55. The lowest BCUT2D eigenvalue weighted by Gasteiger charge is -2.30. The van der Waals surface area contributed by atoms with Crippen molar-refractivity contribution < 1.29 is 9.18 Å². The summed E-state index contributed by atoms with van der Waals surface area (Å²) in [5, 5.41) is 3.74. The summed E-state index contributed by atoms with van der Waals surface area (Å²) < 4.78 is 13.9. The maximum Gasteiger partial charge on any atom is 0.231 e. The van der Waals surface area contributed by atoms with E-state index in [2.05, 4.69) is 22.1 Å². The van der Waals surface area contributed by atoms with E-state index in [-0.39, 0.29) is 5.91 Å². The largest absolute Gasteiger partial charge is 0.348 e. The first kappa shape index (κ1) is 14.8. The van der Waals surface area contributed by atoms with Crippen LogP contribution in [0.3, 0.4) is 0 Å². The van der Waals surface area contributed by atoms with Crippen molar-refractivity contribution in [3.8, 4) is 0 Å². The van der Waals surface area contributed by atoms with Gasteiger partial charge in [0.15, 0.2) is 10.9 Å². The SMILES string of the molecule is CC1CCCN(c2nc3ccnc(NC(=O)C4CC4F)c3s2)C1. The Labute approximate surface area is 137 Å². The molecule has 4 rings (SSSR count). The average Bonchev–Trinajstić information content (AvgIpc) is 3.10. The highest BCUT2D eigenvalue weighted by molar-refractivity contribution is 7.22. The van der Waals surface area contributed by atoms with Crippen molar-refractivity contribution in [2.45, 2.75) is 32.4 Å². The Morgan fingerprint density at radius 3 is 3.09 bits per heavy atom. The molecule has 0 aromatic carbocycles. The molecular weight excluding hydrogens is 315 g/mol. The second kappa shape index (κ2) is 5.70. The number of amides is 1. The summed E-state index contributed by atoms with van der Waals surface area (Å²) in [6.07, 6.45) is 3.40. The van der Waals surface area contributed by atoms with Crippen molar-refractivity contribution in [2.24, 2.45) is 11.8 Å². The Hall–Kier alpha value is -1.76. The number of anilines is 2. The molecule has 1 amide bonds. The molecule has 2 fully saturated rings. The van der Waals surface area contributed by atoms with Gasteiger partial charge < -0.3 is 10.2 Å². The van der Waals surface area contributed by atoms with Gasteiger partial charge in [0.05, 0.1) is 16.1 Å². The number of aromatic nitrogens is 2. The Bertz CT molecular complexity index is 749. The second-order valence-corrected chi connectivity index (χ2v) is 7.52. The van der Waals surface area contributed by atoms with E-state index in [9.17, 15) is 9.18 Å². The molecule has 0 bridgehead atoms.